The number of imidazole rings is 1. The van der Waals surface area contributed by atoms with Crippen molar-refractivity contribution in [3.8, 4) is 5.75 Å². The van der Waals surface area contributed by atoms with Gasteiger partial charge in [-0.3, -0.25) is 0 Å². The van der Waals surface area contributed by atoms with Crippen molar-refractivity contribution in [3.05, 3.63) is 92.8 Å². The Kier molecular flexibility index (Phi) is 6.51. The van der Waals surface area contributed by atoms with Crippen molar-refractivity contribution in [1.29, 1.82) is 0 Å². The lowest BCUT2D eigenvalue weighted by atomic mass is 10.2. The summed E-state index contributed by atoms with van der Waals surface area (Å²) in [6.45, 7) is 0.299. The Bertz CT molecular complexity index is 1240. The number of aliphatic carboxylic acids is 1. The summed E-state index contributed by atoms with van der Waals surface area (Å²) in [7, 11) is 0. The average molecular weight is 471 g/mol. The van der Waals surface area contributed by atoms with Crippen molar-refractivity contribution >= 4 is 58.0 Å². The molecule has 0 fully saturated rings. The van der Waals surface area contributed by atoms with E-state index in [-0.39, 0.29) is 4.91 Å². The maximum atomic E-state index is 11.7. The van der Waals surface area contributed by atoms with Gasteiger partial charge in [-0.05, 0) is 59.8 Å². The molecule has 0 bridgehead atoms. The Morgan fingerprint density at radius 1 is 1.10 bits per heavy atom. The summed E-state index contributed by atoms with van der Waals surface area (Å²) in [6.07, 6.45) is 1.60. The zero-order valence-electron chi connectivity index (χ0n) is 16.0. The number of thioether (sulfide) groups is 1. The molecule has 0 saturated heterocycles. The summed E-state index contributed by atoms with van der Waals surface area (Å²) in [5.74, 6) is -0.381. The topological polar surface area (TPSA) is 75.2 Å². The number of carbonyl (C=O) groups is 1. The SMILES string of the molecule is O=C(O)/C(=C/c1ccc(OCc2ccc(Cl)cc2Cl)cc1)Sc1nc2ccccc2[nH]1. The van der Waals surface area contributed by atoms with Crippen LogP contribution in [0.4, 0.5) is 0 Å². The fraction of sp³-hybridized carbons (Fsp3) is 0.0435. The molecule has 156 valence electrons. The quantitative estimate of drug-likeness (QED) is 0.233. The van der Waals surface area contributed by atoms with Crippen molar-refractivity contribution in [2.45, 2.75) is 11.8 Å². The molecule has 8 heteroatoms. The highest BCUT2D eigenvalue weighted by Gasteiger charge is 2.13. The van der Waals surface area contributed by atoms with E-state index in [4.69, 9.17) is 27.9 Å². The number of benzene rings is 3. The minimum atomic E-state index is -1.02. The number of carboxylic acid groups (broad SMARTS) is 1. The van der Waals surface area contributed by atoms with Gasteiger partial charge < -0.3 is 14.8 Å². The second-order valence-electron chi connectivity index (χ2n) is 6.57. The van der Waals surface area contributed by atoms with Gasteiger partial charge >= 0.3 is 5.97 Å². The first kappa shape index (κ1) is 21.3. The molecule has 0 radical (unpaired) electrons. The van der Waals surface area contributed by atoms with Crippen LogP contribution in [0.15, 0.2) is 76.8 Å². The van der Waals surface area contributed by atoms with Crippen LogP contribution in [-0.4, -0.2) is 21.0 Å². The van der Waals surface area contributed by atoms with Gasteiger partial charge in [0, 0.05) is 15.6 Å². The molecular weight excluding hydrogens is 455 g/mol. The number of carboxylic acids is 1. The minimum Gasteiger partial charge on any atom is -0.489 e. The van der Waals surface area contributed by atoms with Gasteiger partial charge in [0.05, 0.1) is 11.0 Å². The molecule has 0 spiro atoms. The predicted octanol–water partition coefficient (Wildman–Crippen LogP) is 6.67. The van der Waals surface area contributed by atoms with E-state index in [9.17, 15) is 9.90 Å². The van der Waals surface area contributed by atoms with Gasteiger partial charge in [0.1, 0.15) is 17.3 Å². The Hall–Kier alpha value is -2.93. The Balaban J connectivity index is 1.46. The standard InChI is InChI=1S/C23H16Cl2N2O3S/c24-16-8-7-15(18(25)12-16)13-30-17-9-5-14(6-10-17)11-21(22(28)29)31-23-26-19-3-1-2-4-20(19)27-23/h1-12H,13H2,(H,26,27)(H,28,29)/b21-11-. The molecule has 4 aromatic rings. The second-order valence-corrected chi connectivity index (χ2v) is 8.44. The summed E-state index contributed by atoms with van der Waals surface area (Å²) in [5.41, 5.74) is 3.21. The number of fused-ring (bicyclic) bond motifs is 1. The number of halogens is 2. The minimum absolute atomic E-state index is 0.153. The van der Waals surface area contributed by atoms with Gasteiger partial charge in [0.25, 0.3) is 0 Å². The molecule has 0 atom stereocenters. The van der Waals surface area contributed by atoms with Crippen LogP contribution in [0.25, 0.3) is 17.1 Å². The highest BCUT2D eigenvalue weighted by Crippen LogP contribution is 2.29. The molecule has 1 heterocycles. The number of aromatic nitrogens is 2. The Morgan fingerprint density at radius 2 is 1.87 bits per heavy atom. The molecule has 0 aliphatic carbocycles. The molecule has 1 aromatic heterocycles. The normalized spacial score (nSPS) is 11.6. The van der Waals surface area contributed by atoms with E-state index >= 15 is 0 Å². The van der Waals surface area contributed by atoms with Gasteiger partial charge in [0.15, 0.2) is 5.16 Å². The monoisotopic (exact) mass is 470 g/mol. The molecule has 2 N–H and O–H groups in total. The van der Waals surface area contributed by atoms with Crippen molar-refractivity contribution in [2.75, 3.05) is 0 Å². The number of H-pyrrole nitrogens is 1. The number of para-hydroxylation sites is 2. The smallest absolute Gasteiger partial charge is 0.342 e. The highest BCUT2D eigenvalue weighted by atomic mass is 35.5. The van der Waals surface area contributed by atoms with Crippen LogP contribution in [0.1, 0.15) is 11.1 Å². The first-order valence-corrected chi connectivity index (χ1v) is 10.8. The second kappa shape index (κ2) is 9.47. The maximum Gasteiger partial charge on any atom is 0.342 e. The fourth-order valence-corrected chi connectivity index (χ4v) is 4.09. The van der Waals surface area contributed by atoms with Crippen LogP contribution in [0.5, 0.6) is 5.75 Å². The number of aromatic amines is 1. The zero-order chi connectivity index (χ0) is 21.8. The van der Waals surface area contributed by atoms with Crippen molar-refractivity contribution < 1.29 is 14.6 Å². The molecule has 3 aromatic carbocycles. The molecular formula is C23H16Cl2N2O3S. The molecule has 0 unspecified atom stereocenters. The third-order valence-corrected chi connectivity index (χ3v) is 5.86. The number of hydrogen-bond acceptors (Lipinski definition) is 4. The molecule has 4 rings (SSSR count). The molecule has 0 amide bonds. The molecule has 0 aliphatic rings. The van der Waals surface area contributed by atoms with E-state index in [1.54, 1.807) is 42.5 Å². The fourth-order valence-electron chi connectivity index (χ4n) is 2.83. The highest BCUT2D eigenvalue weighted by molar-refractivity contribution is 8.04. The molecule has 0 saturated carbocycles. The lowest BCUT2D eigenvalue weighted by Crippen LogP contribution is -1.98. The first-order chi connectivity index (χ1) is 15.0. The lowest BCUT2D eigenvalue weighted by Gasteiger charge is -2.08. The Labute approximate surface area is 192 Å². The van der Waals surface area contributed by atoms with E-state index < -0.39 is 5.97 Å². The number of ether oxygens (including phenoxy) is 1. The molecule has 31 heavy (non-hydrogen) atoms. The number of nitrogens with zero attached hydrogens (tertiary/aromatic N) is 1. The molecule has 0 aliphatic heterocycles. The van der Waals surface area contributed by atoms with E-state index in [2.05, 4.69) is 9.97 Å². The summed E-state index contributed by atoms with van der Waals surface area (Å²) in [6, 6.07) is 19.9. The van der Waals surface area contributed by atoms with E-state index in [1.165, 1.54) is 0 Å². The third-order valence-electron chi connectivity index (χ3n) is 4.37. The first-order valence-electron chi connectivity index (χ1n) is 9.22. The molecule has 5 nitrogen and oxygen atoms in total. The van der Waals surface area contributed by atoms with Crippen LogP contribution >= 0.6 is 35.0 Å². The maximum absolute atomic E-state index is 11.7. The zero-order valence-corrected chi connectivity index (χ0v) is 18.3. The van der Waals surface area contributed by atoms with Gasteiger partial charge in [-0.25, -0.2) is 9.78 Å². The van der Waals surface area contributed by atoms with Gasteiger partial charge in [-0.1, -0.05) is 53.5 Å². The average Bonchev–Trinajstić information content (AvgIpc) is 3.16. The van der Waals surface area contributed by atoms with Crippen LogP contribution in [-0.2, 0) is 11.4 Å². The van der Waals surface area contributed by atoms with E-state index in [0.717, 1.165) is 33.9 Å². The van der Waals surface area contributed by atoms with Crippen LogP contribution < -0.4 is 4.74 Å². The van der Waals surface area contributed by atoms with Crippen LogP contribution in [0.3, 0.4) is 0 Å². The van der Waals surface area contributed by atoms with Crippen molar-refractivity contribution in [1.82, 2.24) is 9.97 Å². The van der Waals surface area contributed by atoms with E-state index in [1.807, 2.05) is 30.3 Å². The van der Waals surface area contributed by atoms with Gasteiger partial charge in [-0.2, -0.15) is 0 Å². The van der Waals surface area contributed by atoms with E-state index in [0.29, 0.717) is 27.6 Å². The van der Waals surface area contributed by atoms with Crippen molar-refractivity contribution in [3.63, 3.8) is 0 Å². The third kappa shape index (κ3) is 5.41. The summed E-state index contributed by atoms with van der Waals surface area (Å²) < 4.78 is 5.76. The summed E-state index contributed by atoms with van der Waals surface area (Å²) >= 11 is 13.1. The van der Waals surface area contributed by atoms with Crippen LogP contribution in [0.2, 0.25) is 10.0 Å². The van der Waals surface area contributed by atoms with Gasteiger partial charge in [-0.15, -0.1) is 0 Å². The lowest BCUT2D eigenvalue weighted by molar-refractivity contribution is -0.131. The summed E-state index contributed by atoms with van der Waals surface area (Å²) in [4.78, 5) is 19.4. The number of hydrogen-bond donors (Lipinski definition) is 2. The Morgan fingerprint density at radius 3 is 2.58 bits per heavy atom. The van der Waals surface area contributed by atoms with Gasteiger partial charge in [0.2, 0.25) is 0 Å². The predicted molar refractivity (Wildman–Crippen MR) is 125 cm³/mol. The number of rotatable bonds is 7. The van der Waals surface area contributed by atoms with Crippen molar-refractivity contribution in [2.24, 2.45) is 0 Å². The summed E-state index contributed by atoms with van der Waals surface area (Å²) in [5, 5.41) is 11.2. The largest absolute Gasteiger partial charge is 0.489 e. The number of nitrogens with one attached hydrogen (secondary N) is 1. The van der Waals surface area contributed by atoms with Crippen LogP contribution in [0, 0.1) is 0 Å².